The quantitative estimate of drug-likeness (QED) is 0.673. The van der Waals surface area contributed by atoms with Crippen molar-refractivity contribution >= 4 is 5.97 Å². The Morgan fingerprint density at radius 1 is 1.53 bits per heavy atom. The summed E-state index contributed by atoms with van der Waals surface area (Å²) in [6.45, 7) is 4.57. The zero-order chi connectivity index (χ0) is 12.8. The van der Waals surface area contributed by atoms with Gasteiger partial charge in [0.2, 0.25) is 0 Å². The van der Waals surface area contributed by atoms with Crippen LogP contribution in [0.15, 0.2) is 16.7 Å². The van der Waals surface area contributed by atoms with Crippen LogP contribution in [-0.4, -0.2) is 28.8 Å². The minimum Gasteiger partial charge on any atom is -0.478 e. The largest absolute Gasteiger partial charge is 0.478 e. The lowest BCUT2D eigenvalue weighted by Crippen LogP contribution is -2.34. The van der Waals surface area contributed by atoms with Gasteiger partial charge in [0.25, 0.3) is 0 Å². The van der Waals surface area contributed by atoms with Gasteiger partial charge >= 0.3 is 5.97 Å². The lowest BCUT2D eigenvalue weighted by atomic mass is 10.0. The molecular weight excluding hydrogens is 222 g/mol. The van der Waals surface area contributed by atoms with Crippen LogP contribution in [0.5, 0.6) is 0 Å². The molecule has 5 heteroatoms. The first-order valence-electron chi connectivity index (χ1n) is 5.70. The third-order valence-electron chi connectivity index (χ3n) is 2.75. The van der Waals surface area contributed by atoms with E-state index in [2.05, 4.69) is 5.32 Å². The van der Waals surface area contributed by atoms with Gasteiger partial charge in [-0.2, -0.15) is 0 Å². The number of carboxylic acids is 1. The molecule has 0 radical (unpaired) electrons. The van der Waals surface area contributed by atoms with Crippen LogP contribution < -0.4 is 5.32 Å². The third kappa shape index (κ3) is 3.87. The molecule has 0 aliphatic carbocycles. The first kappa shape index (κ1) is 13.7. The average Bonchev–Trinajstić information content (AvgIpc) is 2.71. The number of aromatic carboxylic acids is 1. The molecule has 1 atom stereocenters. The summed E-state index contributed by atoms with van der Waals surface area (Å²) in [6, 6.07) is 1.59. The van der Waals surface area contributed by atoms with E-state index in [0.29, 0.717) is 24.6 Å². The minimum absolute atomic E-state index is 0.111. The summed E-state index contributed by atoms with van der Waals surface area (Å²) >= 11 is 0. The fraction of sp³-hybridized carbons (Fsp3) is 0.583. The summed E-state index contributed by atoms with van der Waals surface area (Å²) in [7, 11) is 0. The maximum atomic E-state index is 10.9. The summed E-state index contributed by atoms with van der Waals surface area (Å²) in [5.41, 5.74) is 0.184. The van der Waals surface area contributed by atoms with Crippen LogP contribution in [0.4, 0.5) is 0 Å². The normalized spacial score (nSPS) is 12.9. The van der Waals surface area contributed by atoms with Crippen molar-refractivity contribution in [1.29, 1.82) is 0 Å². The van der Waals surface area contributed by atoms with Gasteiger partial charge in [-0.05, 0) is 18.4 Å². The zero-order valence-electron chi connectivity index (χ0n) is 10.1. The number of aliphatic hydroxyl groups excluding tert-OH is 1. The molecule has 5 nitrogen and oxygen atoms in total. The van der Waals surface area contributed by atoms with Crippen molar-refractivity contribution in [2.45, 2.75) is 32.9 Å². The number of furan rings is 1. The molecule has 1 rings (SSSR count). The molecule has 0 spiro atoms. The van der Waals surface area contributed by atoms with Crippen LogP contribution in [-0.2, 0) is 6.54 Å². The highest BCUT2D eigenvalue weighted by Gasteiger charge is 2.16. The number of nitrogens with one attached hydrogen (secondary N) is 1. The second-order valence-corrected chi connectivity index (χ2v) is 4.31. The van der Waals surface area contributed by atoms with E-state index >= 15 is 0 Å². The van der Waals surface area contributed by atoms with Gasteiger partial charge in [0.1, 0.15) is 11.3 Å². The van der Waals surface area contributed by atoms with Crippen molar-refractivity contribution in [3.63, 3.8) is 0 Å². The number of carbonyl (C=O) groups is 1. The topological polar surface area (TPSA) is 82.7 Å². The fourth-order valence-electron chi connectivity index (χ4n) is 1.70. The van der Waals surface area contributed by atoms with Gasteiger partial charge in [-0.1, -0.05) is 13.8 Å². The Balaban J connectivity index is 2.59. The van der Waals surface area contributed by atoms with Gasteiger partial charge < -0.3 is 19.9 Å². The average molecular weight is 241 g/mol. The van der Waals surface area contributed by atoms with Gasteiger partial charge in [0, 0.05) is 12.6 Å². The monoisotopic (exact) mass is 241 g/mol. The second kappa shape index (κ2) is 6.42. The highest BCUT2D eigenvalue weighted by Crippen LogP contribution is 2.12. The van der Waals surface area contributed by atoms with Gasteiger partial charge in [-0.25, -0.2) is 4.79 Å². The molecule has 0 bridgehead atoms. The van der Waals surface area contributed by atoms with E-state index in [1.54, 1.807) is 0 Å². The van der Waals surface area contributed by atoms with Crippen LogP contribution in [0.3, 0.4) is 0 Å². The lowest BCUT2D eigenvalue weighted by Gasteiger charge is -2.21. The predicted molar refractivity (Wildman–Crippen MR) is 62.8 cm³/mol. The van der Waals surface area contributed by atoms with E-state index in [4.69, 9.17) is 14.6 Å². The van der Waals surface area contributed by atoms with Gasteiger partial charge in [-0.3, -0.25) is 0 Å². The molecule has 3 N–H and O–H groups in total. The summed E-state index contributed by atoms with van der Waals surface area (Å²) < 4.78 is 5.13. The molecule has 0 saturated heterocycles. The molecule has 1 unspecified atom stereocenters. The van der Waals surface area contributed by atoms with Crippen molar-refractivity contribution in [1.82, 2.24) is 5.32 Å². The van der Waals surface area contributed by atoms with Crippen LogP contribution in [0.2, 0.25) is 0 Å². The maximum absolute atomic E-state index is 10.9. The Hall–Kier alpha value is -1.33. The molecule has 0 aliphatic heterocycles. The Morgan fingerprint density at radius 3 is 2.76 bits per heavy atom. The second-order valence-electron chi connectivity index (χ2n) is 4.31. The Labute approximate surface area is 100 Å². The zero-order valence-corrected chi connectivity index (χ0v) is 10.1. The fourth-order valence-corrected chi connectivity index (χ4v) is 1.70. The Bertz CT molecular complexity index is 359. The minimum atomic E-state index is -0.987. The first-order chi connectivity index (χ1) is 8.06. The molecular formula is C12H19NO4. The summed E-state index contributed by atoms with van der Waals surface area (Å²) in [5, 5.41) is 21.0. The summed E-state index contributed by atoms with van der Waals surface area (Å²) in [5.74, 6) is -0.203. The molecule has 1 aromatic rings. The van der Waals surface area contributed by atoms with Gasteiger partial charge in [-0.15, -0.1) is 0 Å². The molecule has 17 heavy (non-hydrogen) atoms. The Morgan fingerprint density at radius 2 is 2.24 bits per heavy atom. The lowest BCUT2D eigenvalue weighted by molar-refractivity contribution is 0.0694. The molecule has 1 aromatic heterocycles. The SMILES string of the molecule is CC(C)C(CCO)NCc1occc1C(=O)O. The molecule has 0 aromatic carbocycles. The molecule has 0 aliphatic rings. The van der Waals surface area contributed by atoms with Crippen LogP contribution in [0.1, 0.15) is 36.4 Å². The number of hydrogen-bond acceptors (Lipinski definition) is 4. The van der Waals surface area contributed by atoms with E-state index < -0.39 is 5.97 Å². The molecule has 0 fully saturated rings. The highest BCUT2D eigenvalue weighted by molar-refractivity contribution is 5.88. The van der Waals surface area contributed by atoms with Crippen molar-refractivity contribution in [3.05, 3.63) is 23.7 Å². The van der Waals surface area contributed by atoms with Gasteiger partial charge in [0.05, 0.1) is 12.8 Å². The number of carboxylic acid groups (broad SMARTS) is 1. The van der Waals surface area contributed by atoms with Crippen LogP contribution >= 0.6 is 0 Å². The van der Waals surface area contributed by atoms with Crippen molar-refractivity contribution < 1.29 is 19.4 Å². The molecule has 96 valence electrons. The van der Waals surface area contributed by atoms with Crippen LogP contribution in [0.25, 0.3) is 0 Å². The smallest absolute Gasteiger partial charge is 0.339 e. The standard InChI is InChI=1S/C12H19NO4/c1-8(2)10(3-5-14)13-7-11-9(12(15)16)4-6-17-11/h4,6,8,10,13-14H,3,5,7H2,1-2H3,(H,15,16). The molecule has 0 amide bonds. The predicted octanol–water partition coefficient (Wildman–Crippen LogP) is 1.47. The van der Waals surface area contributed by atoms with E-state index in [9.17, 15) is 4.79 Å². The van der Waals surface area contributed by atoms with E-state index in [1.807, 2.05) is 13.8 Å². The number of rotatable bonds is 7. The highest BCUT2D eigenvalue weighted by atomic mass is 16.4. The summed E-state index contributed by atoms with van der Waals surface area (Å²) in [4.78, 5) is 10.9. The van der Waals surface area contributed by atoms with Crippen molar-refractivity contribution in [3.8, 4) is 0 Å². The molecule has 1 heterocycles. The van der Waals surface area contributed by atoms with Crippen molar-refractivity contribution in [2.24, 2.45) is 5.92 Å². The van der Waals surface area contributed by atoms with E-state index in [-0.39, 0.29) is 18.2 Å². The van der Waals surface area contributed by atoms with Crippen molar-refractivity contribution in [2.75, 3.05) is 6.61 Å². The Kier molecular flexibility index (Phi) is 5.18. The number of aliphatic hydroxyl groups is 1. The first-order valence-corrected chi connectivity index (χ1v) is 5.70. The van der Waals surface area contributed by atoms with Crippen LogP contribution in [0, 0.1) is 5.92 Å². The third-order valence-corrected chi connectivity index (χ3v) is 2.75. The van der Waals surface area contributed by atoms with E-state index in [0.717, 1.165) is 0 Å². The summed E-state index contributed by atoms with van der Waals surface area (Å²) in [6.07, 6.45) is 2.01. The maximum Gasteiger partial charge on any atom is 0.339 e. The van der Waals surface area contributed by atoms with E-state index in [1.165, 1.54) is 12.3 Å². The van der Waals surface area contributed by atoms with Gasteiger partial charge in [0.15, 0.2) is 0 Å². The number of hydrogen-bond donors (Lipinski definition) is 3. The molecule has 0 saturated carbocycles.